The zero-order chi connectivity index (χ0) is 21.4. The van der Waals surface area contributed by atoms with Crippen LogP contribution in [0.5, 0.6) is 0 Å². The lowest BCUT2D eigenvalue weighted by Gasteiger charge is -2.30. The van der Waals surface area contributed by atoms with Crippen LogP contribution in [-0.2, 0) is 19.7 Å². The number of carbonyl (C=O) groups excluding carboxylic acids is 1. The summed E-state index contributed by atoms with van der Waals surface area (Å²) in [6.07, 6.45) is -3.39. The van der Waals surface area contributed by atoms with Crippen LogP contribution in [0.4, 0.5) is 13.2 Å². The molecule has 0 saturated carbocycles. The zero-order valence-corrected chi connectivity index (χ0v) is 15.7. The molecule has 1 atom stereocenters. The van der Waals surface area contributed by atoms with Gasteiger partial charge in [0.25, 0.3) is 11.5 Å². The number of hydrogen-bond acceptors (Lipinski definition) is 4. The number of fused-ring (bicyclic) bond motifs is 1. The lowest BCUT2D eigenvalue weighted by atomic mass is 9.97. The van der Waals surface area contributed by atoms with Gasteiger partial charge in [-0.05, 0) is 6.07 Å². The third kappa shape index (κ3) is 3.63. The van der Waals surface area contributed by atoms with E-state index in [2.05, 4.69) is 10.3 Å². The van der Waals surface area contributed by atoms with E-state index < -0.39 is 42.0 Å². The summed E-state index contributed by atoms with van der Waals surface area (Å²) >= 11 is 0. The van der Waals surface area contributed by atoms with E-state index in [0.717, 1.165) is 16.8 Å². The van der Waals surface area contributed by atoms with E-state index in [1.807, 2.05) is 0 Å². The van der Waals surface area contributed by atoms with Crippen LogP contribution in [-0.4, -0.2) is 37.9 Å². The Morgan fingerprint density at radius 1 is 1.24 bits per heavy atom. The molecule has 3 rings (SSSR count). The number of nitrogens with zero attached hydrogens (tertiary/aromatic N) is 3. The largest absolute Gasteiger partial charge is 0.424 e. The molecule has 1 unspecified atom stereocenters. The lowest BCUT2D eigenvalue weighted by Crippen LogP contribution is -2.46. The number of carbonyl (C=O) groups is 1. The van der Waals surface area contributed by atoms with Crippen LogP contribution in [0.1, 0.15) is 22.6 Å². The Morgan fingerprint density at radius 2 is 1.93 bits per heavy atom. The Hall–Kier alpha value is -3.14. The summed E-state index contributed by atoms with van der Waals surface area (Å²) in [5, 5.41) is 13.2. The number of nitrogens with one attached hydrogen (secondary N) is 1. The number of aryl methyl sites for hydroxylation is 2. The standard InChI is InChI=1S/C19H19F3N4O3/c1-25-10-9-24-17(25)18(29,19(20,21)22)7-8-23-16(28)13-11-15(27)26(2)14-6-4-3-5-12(13)14/h3-6,9-11,29H,7-8H2,1-2H3,(H,23,28). The smallest absolute Gasteiger partial charge is 0.374 e. The Bertz CT molecular complexity index is 1120. The van der Waals surface area contributed by atoms with E-state index >= 15 is 0 Å². The number of benzene rings is 1. The fourth-order valence-electron chi connectivity index (χ4n) is 3.20. The number of halogens is 3. The Labute approximate surface area is 163 Å². The quantitative estimate of drug-likeness (QED) is 0.674. The monoisotopic (exact) mass is 408 g/mol. The van der Waals surface area contributed by atoms with Gasteiger partial charge in [-0.2, -0.15) is 13.2 Å². The maximum absolute atomic E-state index is 13.5. The van der Waals surface area contributed by atoms with Crippen LogP contribution >= 0.6 is 0 Å². The second-order valence-corrected chi connectivity index (χ2v) is 6.70. The van der Waals surface area contributed by atoms with Gasteiger partial charge in [0.15, 0.2) is 0 Å². The molecule has 154 valence electrons. The van der Waals surface area contributed by atoms with Crippen molar-refractivity contribution in [2.24, 2.45) is 14.1 Å². The van der Waals surface area contributed by atoms with Gasteiger partial charge < -0.3 is 19.6 Å². The first kappa shape index (κ1) is 20.6. The molecule has 2 heterocycles. The second-order valence-electron chi connectivity index (χ2n) is 6.70. The van der Waals surface area contributed by atoms with Crippen LogP contribution in [0.2, 0.25) is 0 Å². The molecule has 0 spiro atoms. The minimum atomic E-state index is -4.99. The second kappa shape index (κ2) is 7.36. The molecular weight excluding hydrogens is 389 g/mol. The molecule has 3 aromatic rings. The van der Waals surface area contributed by atoms with Crippen LogP contribution in [0, 0.1) is 0 Å². The predicted octanol–water partition coefficient (Wildman–Crippen LogP) is 1.84. The van der Waals surface area contributed by atoms with Gasteiger partial charge in [0.2, 0.25) is 5.60 Å². The van der Waals surface area contributed by atoms with E-state index in [9.17, 15) is 27.9 Å². The Kier molecular flexibility index (Phi) is 5.22. The lowest BCUT2D eigenvalue weighted by molar-refractivity contribution is -0.272. The van der Waals surface area contributed by atoms with Crippen molar-refractivity contribution in [3.8, 4) is 0 Å². The van der Waals surface area contributed by atoms with Crippen molar-refractivity contribution in [2.75, 3.05) is 6.54 Å². The van der Waals surface area contributed by atoms with Gasteiger partial charge in [0.1, 0.15) is 5.82 Å². The summed E-state index contributed by atoms with van der Waals surface area (Å²) in [7, 11) is 2.90. The Balaban J connectivity index is 1.84. The highest BCUT2D eigenvalue weighted by molar-refractivity contribution is 6.06. The van der Waals surface area contributed by atoms with E-state index in [1.54, 1.807) is 31.3 Å². The third-order valence-electron chi connectivity index (χ3n) is 4.83. The molecule has 0 aliphatic rings. The molecule has 0 bridgehead atoms. The molecule has 2 N–H and O–H groups in total. The molecule has 10 heteroatoms. The minimum Gasteiger partial charge on any atom is -0.374 e. The summed E-state index contributed by atoms with van der Waals surface area (Å²) in [6.45, 7) is -0.481. The van der Waals surface area contributed by atoms with Crippen molar-refractivity contribution in [1.82, 2.24) is 19.4 Å². The van der Waals surface area contributed by atoms with Crippen molar-refractivity contribution in [3.63, 3.8) is 0 Å². The summed E-state index contributed by atoms with van der Waals surface area (Å²) < 4.78 is 43.1. The number of hydrogen-bond donors (Lipinski definition) is 2. The Morgan fingerprint density at radius 3 is 2.55 bits per heavy atom. The van der Waals surface area contributed by atoms with Gasteiger partial charge in [-0.25, -0.2) is 4.98 Å². The highest BCUT2D eigenvalue weighted by atomic mass is 19.4. The van der Waals surface area contributed by atoms with Gasteiger partial charge in [-0.15, -0.1) is 0 Å². The summed E-state index contributed by atoms with van der Waals surface area (Å²) in [5.41, 5.74) is -3.08. The van der Waals surface area contributed by atoms with Crippen molar-refractivity contribution in [1.29, 1.82) is 0 Å². The molecule has 0 radical (unpaired) electrons. The highest BCUT2D eigenvalue weighted by Gasteiger charge is 2.57. The first-order valence-corrected chi connectivity index (χ1v) is 8.70. The maximum Gasteiger partial charge on any atom is 0.424 e. The van der Waals surface area contributed by atoms with E-state index in [4.69, 9.17) is 0 Å². The molecular formula is C19H19F3N4O3. The maximum atomic E-state index is 13.5. The van der Waals surface area contributed by atoms with Gasteiger partial charge in [-0.1, -0.05) is 18.2 Å². The fourth-order valence-corrected chi connectivity index (χ4v) is 3.20. The molecule has 0 aliphatic carbocycles. The third-order valence-corrected chi connectivity index (χ3v) is 4.83. The van der Waals surface area contributed by atoms with Crippen molar-refractivity contribution in [2.45, 2.75) is 18.2 Å². The molecule has 7 nitrogen and oxygen atoms in total. The first-order valence-electron chi connectivity index (χ1n) is 8.70. The number of amides is 1. The summed E-state index contributed by atoms with van der Waals surface area (Å²) in [4.78, 5) is 28.3. The van der Waals surface area contributed by atoms with Gasteiger partial charge in [-0.3, -0.25) is 9.59 Å². The first-order chi connectivity index (χ1) is 13.6. The molecule has 1 amide bonds. The van der Waals surface area contributed by atoms with E-state index in [1.165, 1.54) is 17.8 Å². The van der Waals surface area contributed by atoms with Crippen molar-refractivity contribution in [3.05, 3.63) is 64.5 Å². The van der Waals surface area contributed by atoms with E-state index in [0.29, 0.717) is 10.9 Å². The molecule has 1 aromatic carbocycles. The fraction of sp³-hybridized carbons (Fsp3) is 0.316. The molecule has 2 aromatic heterocycles. The van der Waals surface area contributed by atoms with Gasteiger partial charge in [0.05, 0.1) is 11.1 Å². The summed E-state index contributed by atoms with van der Waals surface area (Å²) in [5.74, 6) is -1.28. The number of para-hydroxylation sites is 1. The molecule has 0 saturated heterocycles. The normalized spacial score (nSPS) is 14.0. The van der Waals surface area contributed by atoms with E-state index in [-0.39, 0.29) is 5.56 Å². The SMILES string of the molecule is Cn1ccnc1C(O)(CCNC(=O)c1cc(=O)n(C)c2ccccc12)C(F)(F)F. The number of rotatable bonds is 5. The van der Waals surface area contributed by atoms with Crippen LogP contribution in [0.15, 0.2) is 47.5 Å². The number of pyridine rings is 1. The minimum absolute atomic E-state index is 0.0521. The molecule has 29 heavy (non-hydrogen) atoms. The molecule has 0 aliphatic heterocycles. The average molecular weight is 408 g/mol. The summed E-state index contributed by atoms with van der Waals surface area (Å²) in [6, 6.07) is 7.83. The van der Waals surface area contributed by atoms with Crippen LogP contribution in [0.25, 0.3) is 10.9 Å². The van der Waals surface area contributed by atoms with Gasteiger partial charge >= 0.3 is 6.18 Å². The number of imidazole rings is 1. The van der Waals surface area contributed by atoms with Crippen LogP contribution in [0.3, 0.4) is 0 Å². The van der Waals surface area contributed by atoms with Crippen molar-refractivity contribution >= 4 is 16.8 Å². The topological polar surface area (TPSA) is 89.2 Å². The van der Waals surface area contributed by atoms with Crippen LogP contribution < -0.4 is 10.9 Å². The number of aromatic nitrogens is 3. The highest BCUT2D eigenvalue weighted by Crippen LogP contribution is 2.40. The predicted molar refractivity (Wildman–Crippen MR) is 99.3 cm³/mol. The number of alkyl halides is 3. The average Bonchev–Trinajstić information content (AvgIpc) is 3.10. The van der Waals surface area contributed by atoms with Crippen molar-refractivity contribution < 1.29 is 23.1 Å². The molecule has 0 fully saturated rings. The van der Waals surface area contributed by atoms with Gasteiger partial charge in [0, 0.05) is 50.9 Å². The number of aliphatic hydroxyl groups is 1. The zero-order valence-electron chi connectivity index (χ0n) is 15.7.